The third-order valence-corrected chi connectivity index (χ3v) is 4.11. The lowest BCUT2D eigenvalue weighted by Gasteiger charge is -2.14. The molecule has 2 rings (SSSR count). The molecule has 0 aromatic heterocycles. The molecule has 2 N–H and O–H groups in total. The molecule has 1 aromatic carbocycles. The van der Waals surface area contributed by atoms with Crippen molar-refractivity contribution in [2.45, 2.75) is 31.7 Å². The summed E-state index contributed by atoms with van der Waals surface area (Å²) in [5.74, 6) is -0.367. The first kappa shape index (κ1) is 17.8. The molecule has 0 bridgehead atoms. The third-order valence-electron chi connectivity index (χ3n) is 4.11. The number of nitrogens with one attached hydrogen (secondary N) is 1. The minimum Gasteiger partial charge on any atom is -0.493 e. The SMILES string of the molecule is C=CCc1ccc(OCC(=O)N[C@@H]2CC[C@H](C(=O)O)C2)c(OC)c1. The van der Waals surface area contributed by atoms with E-state index in [2.05, 4.69) is 11.9 Å². The molecule has 0 aliphatic heterocycles. The van der Waals surface area contributed by atoms with Crippen LogP contribution in [0.4, 0.5) is 0 Å². The summed E-state index contributed by atoms with van der Waals surface area (Å²) in [4.78, 5) is 22.9. The lowest BCUT2D eigenvalue weighted by Crippen LogP contribution is -2.36. The zero-order chi connectivity index (χ0) is 17.5. The summed E-state index contributed by atoms with van der Waals surface area (Å²) in [6.45, 7) is 3.56. The van der Waals surface area contributed by atoms with Gasteiger partial charge in [0, 0.05) is 6.04 Å². The van der Waals surface area contributed by atoms with Gasteiger partial charge >= 0.3 is 5.97 Å². The van der Waals surface area contributed by atoms with E-state index < -0.39 is 5.97 Å². The fraction of sp³-hybridized carbons (Fsp3) is 0.444. The van der Waals surface area contributed by atoms with Gasteiger partial charge in [-0.3, -0.25) is 9.59 Å². The molecule has 130 valence electrons. The van der Waals surface area contributed by atoms with Crippen LogP contribution < -0.4 is 14.8 Å². The van der Waals surface area contributed by atoms with Crippen molar-refractivity contribution >= 4 is 11.9 Å². The standard InChI is InChI=1S/C18H23NO5/c1-3-4-12-5-8-15(16(9-12)23-2)24-11-17(20)19-14-7-6-13(10-14)18(21)22/h3,5,8-9,13-14H,1,4,6-7,10-11H2,2H3,(H,19,20)(H,21,22)/t13-,14+/m0/s1. The van der Waals surface area contributed by atoms with E-state index in [9.17, 15) is 9.59 Å². The molecule has 0 heterocycles. The van der Waals surface area contributed by atoms with E-state index in [-0.39, 0.29) is 24.5 Å². The molecule has 1 aliphatic carbocycles. The third kappa shape index (κ3) is 4.75. The topological polar surface area (TPSA) is 84.9 Å². The fourth-order valence-electron chi connectivity index (χ4n) is 2.87. The highest BCUT2D eigenvalue weighted by Gasteiger charge is 2.30. The monoisotopic (exact) mass is 333 g/mol. The number of carbonyl (C=O) groups excluding carboxylic acids is 1. The van der Waals surface area contributed by atoms with E-state index >= 15 is 0 Å². The van der Waals surface area contributed by atoms with Crippen LogP contribution in [0.1, 0.15) is 24.8 Å². The summed E-state index contributed by atoms with van der Waals surface area (Å²) in [5.41, 5.74) is 1.05. The molecular weight excluding hydrogens is 310 g/mol. The number of methoxy groups -OCH3 is 1. The van der Waals surface area contributed by atoms with E-state index in [1.807, 2.05) is 12.1 Å². The number of hydrogen-bond donors (Lipinski definition) is 2. The molecule has 1 fully saturated rings. The molecule has 2 atom stereocenters. The summed E-state index contributed by atoms with van der Waals surface area (Å²) < 4.78 is 10.8. The van der Waals surface area contributed by atoms with Crippen molar-refractivity contribution < 1.29 is 24.2 Å². The first-order valence-corrected chi connectivity index (χ1v) is 7.96. The quantitative estimate of drug-likeness (QED) is 0.712. The zero-order valence-electron chi connectivity index (χ0n) is 13.8. The van der Waals surface area contributed by atoms with Gasteiger partial charge in [0.1, 0.15) is 0 Å². The van der Waals surface area contributed by atoms with Crippen molar-refractivity contribution in [3.8, 4) is 11.5 Å². The molecule has 0 saturated heterocycles. The van der Waals surface area contributed by atoms with Crippen molar-refractivity contribution in [1.29, 1.82) is 0 Å². The highest BCUT2D eigenvalue weighted by molar-refractivity contribution is 5.78. The van der Waals surface area contributed by atoms with Gasteiger partial charge in [0.05, 0.1) is 13.0 Å². The number of ether oxygens (including phenoxy) is 2. The molecule has 1 saturated carbocycles. The first-order chi connectivity index (χ1) is 11.5. The van der Waals surface area contributed by atoms with Crippen LogP contribution in [0.3, 0.4) is 0 Å². The van der Waals surface area contributed by atoms with Crippen LogP contribution in [-0.2, 0) is 16.0 Å². The van der Waals surface area contributed by atoms with Gasteiger partial charge in [-0.25, -0.2) is 0 Å². The summed E-state index contributed by atoms with van der Waals surface area (Å²) in [7, 11) is 1.55. The van der Waals surface area contributed by atoms with E-state index in [1.54, 1.807) is 19.3 Å². The van der Waals surface area contributed by atoms with Gasteiger partial charge in [0.15, 0.2) is 18.1 Å². The van der Waals surface area contributed by atoms with Gasteiger partial charge in [-0.2, -0.15) is 0 Å². The van der Waals surface area contributed by atoms with Crippen LogP contribution in [0.15, 0.2) is 30.9 Å². The molecule has 1 amide bonds. The number of carboxylic acids is 1. The van der Waals surface area contributed by atoms with Crippen molar-refractivity contribution in [3.63, 3.8) is 0 Å². The minimum atomic E-state index is -0.799. The number of aliphatic carboxylic acids is 1. The molecule has 0 spiro atoms. The predicted molar refractivity (Wildman–Crippen MR) is 89.3 cm³/mol. The number of rotatable bonds is 8. The van der Waals surface area contributed by atoms with Crippen LogP contribution in [0.5, 0.6) is 11.5 Å². The lowest BCUT2D eigenvalue weighted by molar-refractivity contribution is -0.141. The highest BCUT2D eigenvalue weighted by atomic mass is 16.5. The Morgan fingerprint density at radius 3 is 2.79 bits per heavy atom. The van der Waals surface area contributed by atoms with Crippen LogP contribution in [-0.4, -0.2) is 36.7 Å². The lowest BCUT2D eigenvalue weighted by atomic mass is 10.1. The van der Waals surface area contributed by atoms with Crippen molar-refractivity contribution in [3.05, 3.63) is 36.4 Å². The summed E-state index contributed by atoms with van der Waals surface area (Å²) in [6, 6.07) is 5.41. The highest BCUT2D eigenvalue weighted by Crippen LogP contribution is 2.28. The molecule has 6 heteroatoms. The second-order valence-corrected chi connectivity index (χ2v) is 5.88. The van der Waals surface area contributed by atoms with Crippen LogP contribution in [0.2, 0.25) is 0 Å². The van der Waals surface area contributed by atoms with Gasteiger partial charge in [-0.1, -0.05) is 12.1 Å². The van der Waals surface area contributed by atoms with E-state index in [0.29, 0.717) is 30.8 Å². The Morgan fingerprint density at radius 2 is 2.17 bits per heavy atom. The van der Waals surface area contributed by atoms with Gasteiger partial charge in [0.25, 0.3) is 5.91 Å². The summed E-state index contributed by atoms with van der Waals surface area (Å²) in [5, 5.41) is 11.8. The largest absolute Gasteiger partial charge is 0.493 e. The number of carbonyl (C=O) groups is 2. The maximum Gasteiger partial charge on any atom is 0.306 e. The molecule has 1 aliphatic rings. The molecule has 0 radical (unpaired) electrons. The van der Waals surface area contributed by atoms with Crippen molar-refractivity contribution in [2.75, 3.05) is 13.7 Å². The maximum absolute atomic E-state index is 12.0. The molecule has 6 nitrogen and oxygen atoms in total. The van der Waals surface area contributed by atoms with Crippen LogP contribution >= 0.6 is 0 Å². The Labute approximate surface area is 141 Å². The molecule has 0 unspecified atom stereocenters. The average molecular weight is 333 g/mol. The maximum atomic E-state index is 12.0. The Hall–Kier alpha value is -2.50. The average Bonchev–Trinajstić information content (AvgIpc) is 3.02. The summed E-state index contributed by atoms with van der Waals surface area (Å²) >= 11 is 0. The van der Waals surface area contributed by atoms with Gasteiger partial charge in [-0.15, -0.1) is 6.58 Å². The number of hydrogen-bond acceptors (Lipinski definition) is 4. The predicted octanol–water partition coefficient (Wildman–Crippen LogP) is 2.17. The Morgan fingerprint density at radius 1 is 1.38 bits per heavy atom. The van der Waals surface area contributed by atoms with Crippen molar-refractivity contribution in [2.24, 2.45) is 5.92 Å². The molecule has 24 heavy (non-hydrogen) atoms. The van der Waals surface area contributed by atoms with Gasteiger partial charge in [-0.05, 0) is 43.4 Å². The van der Waals surface area contributed by atoms with E-state index in [1.165, 1.54) is 0 Å². The fourth-order valence-corrected chi connectivity index (χ4v) is 2.87. The van der Waals surface area contributed by atoms with Crippen molar-refractivity contribution in [1.82, 2.24) is 5.32 Å². The number of allylic oxidation sites excluding steroid dienone is 1. The van der Waals surface area contributed by atoms with Crippen LogP contribution in [0.25, 0.3) is 0 Å². The molecular formula is C18H23NO5. The number of amides is 1. The Kier molecular flexibility index (Phi) is 6.23. The van der Waals surface area contributed by atoms with Gasteiger partial charge < -0.3 is 19.9 Å². The van der Waals surface area contributed by atoms with Crippen LogP contribution in [0, 0.1) is 5.92 Å². The Bertz CT molecular complexity index is 613. The normalized spacial score (nSPS) is 19.5. The number of benzene rings is 1. The second-order valence-electron chi connectivity index (χ2n) is 5.88. The smallest absolute Gasteiger partial charge is 0.306 e. The van der Waals surface area contributed by atoms with E-state index in [0.717, 1.165) is 12.0 Å². The first-order valence-electron chi connectivity index (χ1n) is 7.96. The minimum absolute atomic E-state index is 0.0981. The van der Waals surface area contributed by atoms with E-state index in [4.69, 9.17) is 14.6 Å². The summed E-state index contributed by atoms with van der Waals surface area (Å²) in [6.07, 6.45) is 4.28. The second kappa shape index (κ2) is 8.38. The molecule has 1 aromatic rings. The number of carboxylic acid groups (broad SMARTS) is 1. The Balaban J connectivity index is 1.85. The zero-order valence-corrected chi connectivity index (χ0v) is 13.8. The van der Waals surface area contributed by atoms with Gasteiger partial charge in [0.2, 0.25) is 0 Å².